The number of hydrogen-bond acceptors (Lipinski definition) is 4. The van der Waals surface area contributed by atoms with Crippen LogP contribution >= 0.6 is 0 Å². The van der Waals surface area contributed by atoms with Crippen LogP contribution in [0.3, 0.4) is 0 Å². The molecule has 2 aromatic rings. The lowest BCUT2D eigenvalue weighted by molar-refractivity contribution is 0.582. The molecule has 0 aliphatic carbocycles. The van der Waals surface area contributed by atoms with E-state index in [1.165, 1.54) is 0 Å². The third-order valence-electron chi connectivity index (χ3n) is 3.72. The minimum absolute atomic E-state index is 0.0531. The molecule has 0 radical (unpaired) electrons. The average molecular weight is 318 g/mol. The second-order valence-corrected chi connectivity index (χ2v) is 7.70. The van der Waals surface area contributed by atoms with Gasteiger partial charge in [0.15, 0.2) is 9.84 Å². The zero-order valence-corrected chi connectivity index (χ0v) is 14.0. The Bertz CT molecular complexity index is 720. The van der Waals surface area contributed by atoms with Crippen molar-refractivity contribution in [3.8, 4) is 0 Å². The quantitative estimate of drug-likeness (QED) is 0.920. The lowest BCUT2D eigenvalue weighted by atomic mass is 10.1. The highest BCUT2D eigenvalue weighted by molar-refractivity contribution is 7.91. The largest absolute Gasteiger partial charge is 0.378 e. The van der Waals surface area contributed by atoms with Crippen molar-refractivity contribution in [1.82, 2.24) is 0 Å². The minimum Gasteiger partial charge on any atom is -0.378 e. The molecule has 0 bridgehead atoms. The summed E-state index contributed by atoms with van der Waals surface area (Å²) < 4.78 is 25.6. The zero-order chi connectivity index (χ0) is 16.3. The number of benzene rings is 2. The molecule has 2 aromatic carbocycles. The fraction of sp³-hybridized carbons (Fsp3) is 0.294. The lowest BCUT2D eigenvalue weighted by Gasteiger charge is -2.18. The molecular formula is C17H22N2O2S. The van der Waals surface area contributed by atoms with Gasteiger partial charge in [0.2, 0.25) is 0 Å². The third kappa shape index (κ3) is 3.31. The maximum Gasteiger partial charge on any atom is 0.186 e. The van der Waals surface area contributed by atoms with Gasteiger partial charge in [-0.3, -0.25) is 0 Å². The van der Waals surface area contributed by atoms with Crippen molar-refractivity contribution < 1.29 is 8.42 Å². The van der Waals surface area contributed by atoms with E-state index in [0.717, 1.165) is 11.3 Å². The summed E-state index contributed by atoms with van der Waals surface area (Å²) in [5.41, 5.74) is 8.53. The number of rotatable bonds is 5. The molecule has 0 aliphatic rings. The highest BCUT2D eigenvalue weighted by Crippen LogP contribution is 2.29. The van der Waals surface area contributed by atoms with Crippen molar-refractivity contribution in [3.63, 3.8) is 0 Å². The van der Waals surface area contributed by atoms with Crippen molar-refractivity contribution in [2.75, 3.05) is 25.5 Å². The number of aryl methyl sites for hydroxylation is 1. The summed E-state index contributed by atoms with van der Waals surface area (Å²) in [5, 5.41) is -0.730. The third-order valence-corrected chi connectivity index (χ3v) is 5.86. The second kappa shape index (κ2) is 6.50. The molecule has 4 nitrogen and oxygen atoms in total. The van der Waals surface area contributed by atoms with Gasteiger partial charge in [0, 0.05) is 26.3 Å². The SMILES string of the molecule is Cc1ccc(S(=O)(=O)[C@@H](CN)c2ccc(N(C)C)cc2)cc1. The van der Waals surface area contributed by atoms with Crippen LogP contribution in [0.5, 0.6) is 0 Å². The van der Waals surface area contributed by atoms with E-state index in [0.29, 0.717) is 10.5 Å². The van der Waals surface area contributed by atoms with Gasteiger partial charge in [-0.2, -0.15) is 0 Å². The zero-order valence-electron chi connectivity index (χ0n) is 13.2. The van der Waals surface area contributed by atoms with Crippen molar-refractivity contribution in [3.05, 3.63) is 59.7 Å². The van der Waals surface area contributed by atoms with E-state index in [4.69, 9.17) is 5.73 Å². The van der Waals surface area contributed by atoms with E-state index in [1.54, 1.807) is 24.3 Å². The molecule has 2 rings (SSSR count). The molecule has 0 aromatic heterocycles. The van der Waals surface area contributed by atoms with E-state index in [9.17, 15) is 8.42 Å². The second-order valence-electron chi connectivity index (χ2n) is 5.57. The molecule has 0 saturated heterocycles. The van der Waals surface area contributed by atoms with Crippen molar-refractivity contribution in [2.24, 2.45) is 5.73 Å². The van der Waals surface area contributed by atoms with E-state index >= 15 is 0 Å². The van der Waals surface area contributed by atoms with Gasteiger partial charge < -0.3 is 10.6 Å². The fourth-order valence-electron chi connectivity index (χ4n) is 2.32. The molecule has 0 amide bonds. The molecule has 0 heterocycles. The van der Waals surface area contributed by atoms with Gasteiger partial charge in [-0.25, -0.2) is 8.42 Å². The summed E-state index contributed by atoms with van der Waals surface area (Å²) in [6.07, 6.45) is 0. The van der Waals surface area contributed by atoms with Gasteiger partial charge in [0.1, 0.15) is 5.25 Å². The van der Waals surface area contributed by atoms with E-state index < -0.39 is 15.1 Å². The Morgan fingerprint density at radius 3 is 2.00 bits per heavy atom. The predicted octanol–water partition coefficient (Wildman–Crippen LogP) is 2.53. The number of nitrogens with two attached hydrogens (primary N) is 1. The van der Waals surface area contributed by atoms with Crippen LogP contribution in [-0.4, -0.2) is 29.1 Å². The minimum atomic E-state index is -3.49. The smallest absolute Gasteiger partial charge is 0.186 e. The topological polar surface area (TPSA) is 63.4 Å². The molecule has 0 spiro atoms. The molecule has 5 heteroatoms. The number of nitrogens with zero attached hydrogens (tertiary/aromatic N) is 1. The molecule has 22 heavy (non-hydrogen) atoms. The Hall–Kier alpha value is -1.85. The van der Waals surface area contributed by atoms with Crippen molar-refractivity contribution >= 4 is 15.5 Å². The molecule has 0 fully saturated rings. The summed E-state index contributed by atoms with van der Waals surface area (Å²) in [4.78, 5) is 2.28. The molecular weight excluding hydrogens is 296 g/mol. The van der Waals surface area contributed by atoms with Crippen molar-refractivity contribution in [1.29, 1.82) is 0 Å². The molecule has 0 aliphatic heterocycles. The first kappa shape index (κ1) is 16.5. The summed E-state index contributed by atoms with van der Waals surface area (Å²) in [6.45, 7) is 1.98. The van der Waals surface area contributed by atoms with E-state index in [-0.39, 0.29) is 6.54 Å². The average Bonchev–Trinajstić information content (AvgIpc) is 2.48. The molecule has 1 atom stereocenters. The standard InChI is InChI=1S/C17H22N2O2S/c1-13-4-10-16(11-5-13)22(20,21)17(12-18)14-6-8-15(9-7-14)19(2)3/h4-11,17H,12,18H2,1-3H3/t17-/m0/s1. The van der Waals surface area contributed by atoms with Crippen LogP contribution in [0, 0.1) is 6.92 Å². The van der Waals surface area contributed by atoms with Crippen molar-refractivity contribution in [2.45, 2.75) is 17.1 Å². The lowest BCUT2D eigenvalue weighted by Crippen LogP contribution is -2.22. The Kier molecular flexibility index (Phi) is 4.88. The summed E-state index contributed by atoms with van der Waals surface area (Å²) in [7, 11) is 0.393. The van der Waals surface area contributed by atoms with Gasteiger partial charge in [0.05, 0.1) is 4.90 Å². The first-order chi connectivity index (χ1) is 10.4. The Balaban J connectivity index is 2.40. The Labute approximate surface area is 132 Å². The Morgan fingerprint density at radius 1 is 1.00 bits per heavy atom. The van der Waals surface area contributed by atoms with Crippen LogP contribution in [0.2, 0.25) is 0 Å². The Morgan fingerprint density at radius 2 is 1.55 bits per heavy atom. The number of sulfone groups is 1. The van der Waals surface area contributed by atoms with Crippen LogP contribution < -0.4 is 10.6 Å². The summed E-state index contributed by atoms with van der Waals surface area (Å²) in [5.74, 6) is 0. The molecule has 0 saturated carbocycles. The molecule has 118 valence electrons. The highest BCUT2D eigenvalue weighted by Gasteiger charge is 2.27. The van der Waals surface area contributed by atoms with E-state index in [1.807, 2.05) is 50.2 Å². The van der Waals surface area contributed by atoms with Gasteiger partial charge >= 0.3 is 0 Å². The van der Waals surface area contributed by atoms with Crippen LogP contribution in [-0.2, 0) is 9.84 Å². The maximum absolute atomic E-state index is 12.8. The number of hydrogen-bond donors (Lipinski definition) is 1. The predicted molar refractivity (Wildman–Crippen MR) is 90.9 cm³/mol. The van der Waals surface area contributed by atoms with Crippen LogP contribution in [0.15, 0.2) is 53.4 Å². The maximum atomic E-state index is 12.8. The van der Waals surface area contributed by atoms with Gasteiger partial charge in [-0.05, 0) is 36.8 Å². The molecule has 2 N–H and O–H groups in total. The fourth-order valence-corrected chi connectivity index (χ4v) is 3.93. The first-order valence-corrected chi connectivity index (χ1v) is 8.69. The van der Waals surface area contributed by atoms with Gasteiger partial charge in [0.25, 0.3) is 0 Å². The van der Waals surface area contributed by atoms with Gasteiger partial charge in [-0.15, -0.1) is 0 Å². The van der Waals surface area contributed by atoms with Crippen LogP contribution in [0.25, 0.3) is 0 Å². The van der Waals surface area contributed by atoms with Crippen LogP contribution in [0.1, 0.15) is 16.4 Å². The van der Waals surface area contributed by atoms with Gasteiger partial charge in [-0.1, -0.05) is 29.8 Å². The summed E-state index contributed by atoms with van der Waals surface area (Å²) in [6, 6.07) is 14.4. The monoisotopic (exact) mass is 318 g/mol. The van der Waals surface area contributed by atoms with Crippen LogP contribution in [0.4, 0.5) is 5.69 Å². The first-order valence-electron chi connectivity index (χ1n) is 7.14. The number of anilines is 1. The normalized spacial score (nSPS) is 12.9. The van der Waals surface area contributed by atoms with E-state index in [2.05, 4.69) is 0 Å². The molecule has 0 unspecified atom stereocenters. The highest BCUT2D eigenvalue weighted by atomic mass is 32.2. The summed E-state index contributed by atoms with van der Waals surface area (Å²) >= 11 is 0.